The van der Waals surface area contributed by atoms with E-state index in [0.717, 1.165) is 19.5 Å². The highest BCUT2D eigenvalue weighted by atomic mass is 16.2. The van der Waals surface area contributed by atoms with Crippen LogP contribution in [0.3, 0.4) is 0 Å². The van der Waals surface area contributed by atoms with Crippen molar-refractivity contribution in [3.05, 3.63) is 12.7 Å². The summed E-state index contributed by atoms with van der Waals surface area (Å²) < 4.78 is 0. The van der Waals surface area contributed by atoms with Gasteiger partial charge >= 0.3 is 0 Å². The number of likely N-dealkylation sites (N-methyl/N-ethyl adjacent to an activating group) is 1. The van der Waals surface area contributed by atoms with E-state index in [1.807, 2.05) is 11.8 Å². The van der Waals surface area contributed by atoms with Gasteiger partial charge in [-0.3, -0.25) is 4.79 Å². The molecule has 0 spiro atoms. The second-order valence-corrected chi connectivity index (χ2v) is 4.95. The number of amides is 1. The molecule has 1 amide bonds. The van der Waals surface area contributed by atoms with Crippen LogP contribution in [0.15, 0.2) is 12.7 Å². The number of carbonyl (C=O) groups is 1. The lowest BCUT2D eigenvalue weighted by molar-refractivity contribution is -0.125. The Labute approximate surface area is 113 Å². The van der Waals surface area contributed by atoms with E-state index in [0.29, 0.717) is 0 Å². The van der Waals surface area contributed by atoms with E-state index < -0.39 is 0 Å². The largest absolute Gasteiger partial charge is 0.339 e. The van der Waals surface area contributed by atoms with Gasteiger partial charge in [0.15, 0.2) is 0 Å². The lowest BCUT2D eigenvalue weighted by Gasteiger charge is -2.18. The molecule has 0 fully saturated rings. The van der Waals surface area contributed by atoms with Gasteiger partial charge in [-0.15, -0.1) is 0 Å². The van der Waals surface area contributed by atoms with Crippen LogP contribution in [-0.2, 0) is 4.79 Å². The number of nitrogens with zero attached hydrogens (tertiary/aromatic N) is 1. The fraction of sp³-hybridized carbons (Fsp3) is 0.812. The number of carbonyl (C=O) groups excluding carboxylic acids is 1. The van der Waals surface area contributed by atoms with Crippen molar-refractivity contribution in [2.45, 2.75) is 71.6 Å². The predicted molar refractivity (Wildman–Crippen MR) is 79.7 cm³/mol. The minimum atomic E-state index is 0.0667. The number of hydrogen-bond donors (Lipinski definition) is 0. The van der Waals surface area contributed by atoms with Crippen LogP contribution in [-0.4, -0.2) is 23.9 Å². The highest BCUT2D eigenvalue weighted by molar-refractivity contribution is 5.86. The molecule has 18 heavy (non-hydrogen) atoms. The molecule has 0 aliphatic carbocycles. The van der Waals surface area contributed by atoms with Crippen molar-refractivity contribution in [3.63, 3.8) is 0 Å². The fourth-order valence-corrected chi connectivity index (χ4v) is 2.17. The second kappa shape index (κ2) is 12.7. The Morgan fingerprint density at radius 1 is 0.944 bits per heavy atom. The van der Waals surface area contributed by atoms with E-state index in [4.69, 9.17) is 0 Å². The van der Waals surface area contributed by atoms with Crippen LogP contribution in [0.1, 0.15) is 71.6 Å². The lowest BCUT2D eigenvalue weighted by atomic mass is 10.1. The van der Waals surface area contributed by atoms with Crippen molar-refractivity contribution < 1.29 is 4.79 Å². The van der Waals surface area contributed by atoms with E-state index in [2.05, 4.69) is 13.5 Å². The Morgan fingerprint density at radius 3 is 1.89 bits per heavy atom. The summed E-state index contributed by atoms with van der Waals surface area (Å²) >= 11 is 0. The van der Waals surface area contributed by atoms with E-state index in [9.17, 15) is 4.79 Å². The van der Waals surface area contributed by atoms with Crippen LogP contribution in [0.25, 0.3) is 0 Å². The first-order valence-corrected chi connectivity index (χ1v) is 7.67. The average molecular weight is 253 g/mol. The molecule has 0 N–H and O–H groups in total. The van der Waals surface area contributed by atoms with Gasteiger partial charge in [-0.05, 0) is 19.4 Å². The van der Waals surface area contributed by atoms with Crippen LogP contribution in [0.2, 0.25) is 0 Å². The Hall–Kier alpha value is -0.790. The minimum absolute atomic E-state index is 0.0667. The summed E-state index contributed by atoms with van der Waals surface area (Å²) in [6, 6.07) is 0. The molecule has 0 saturated heterocycles. The third kappa shape index (κ3) is 9.26. The van der Waals surface area contributed by atoms with Gasteiger partial charge in [0.2, 0.25) is 5.91 Å². The van der Waals surface area contributed by atoms with E-state index in [1.165, 1.54) is 57.4 Å². The summed E-state index contributed by atoms with van der Waals surface area (Å²) in [6.07, 6.45) is 13.3. The summed E-state index contributed by atoms with van der Waals surface area (Å²) in [5.74, 6) is 0.0667. The molecule has 0 heterocycles. The maximum absolute atomic E-state index is 11.4. The molecular weight excluding hydrogens is 222 g/mol. The molecule has 0 atom stereocenters. The maximum atomic E-state index is 11.4. The summed E-state index contributed by atoms with van der Waals surface area (Å²) in [5, 5.41) is 0. The van der Waals surface area contributed by atoms with Crippen molar-refractivity contribution in [1.29, 1.82) is 0 Å². The van der Waals surface area contributed by atoms with E-state index >= 15 is 0 Å². The average Bonchev–Trinajstić information content (AvgIpc) is 2.40. The Balaban J connectivity index is 3.33. The molecule has 0 saturated carbocycles. The molecule has 0 radical (unpaired) electrons. The van der Waals surface area contributed by atoms with Gasteiger partial charge in [-0.25, -0.2) is 0 Å². The summed E-state index contributed by atoms with van der Waals surface area (Å²) in [7, 11) is 0. The third-order valence-electron chi connectivity index (χ3n) is 3.40. The minimum Gasteiger partial charge on any atom is -0.339 e. The Kier molecular flexibility index (Phi) is 12.1. The van der Waals surface area contributed by atoms with Crippen LogP contribution < -0.4 is 0 Å². The molecule has 0 aliphatic heterocycles. The smallest absolute Gasteiger partial charge is 0.245 e. The molecule has 2 nitrogen and oxygen atoms in total. The molecule has 2 heteroatoms. The van der Waals surface area contributed by atoms with Gasteiger partial charge < -0.3 is 4.90 Å². The molecule has 0 aliphatic rings. The zero-order valence-electron chi connectivity index (χ0n) is 12.4. The molecule has 106 valence electrons. The molecule has 0 bridgehead atoms. The predicted octanol–water partition coefficient (Wildman–Crippen LogP) is 4.55. The SMILES string of the molecule is C=CC(=O)N(CC)CCCCCCCCCCC. The highest BCUT2D eigenvalue weighted by Crippen LogP contribution is 2.10. The van der Waals surface area contributed by atoms with Crippen LogP contribution in [0, 0.1) is 0 Å². The number of hydrogen-bond acceptors (Lipinski definition) is 1. The first kappa shape index (κ1) is 17.2. The molecule has 0 rings (SSSR count). The first-order valence-electron chi connectivity index (χ1n) is 7.67. The zero-order valence-corrected chi connectivity index (χ0v) is 12.4. The fourth-order valence-electron chi connectivity index (χ4n) is 2.17. The van der Waals surface area contributed by atoms with Crippen LogP contribution in [0.4, 0.5) is 0 Å². The normalized spacial score (nSPS) is 10.3. The molecular formula is C16H31NO. The lowest BCUT2D eigenvalue weighted by Crippen LogP contribution is -2.29. The molecule has 0 aromatic heterocycles. The standard InChI is InChI=1S/C16H31NO/c1-4-7-8-9-10-11-12-13-14-15-17(6-3)16(18)5-2/h5H,2,4,6-15H2,1,3H3. The van der Waals surface area contributed by atoms with Crippen molar-refractivity contribution in [3.8, 4) is 0 Å². The van der Waals surface area contributed by atoms with E-state index in [1.54, 1.807) is 0 Å². The summed E-state index contributed by atoms with van der Waals surface area (Å²) in [4.78, 5) is 13.3. The van der Waals surface area contributed by atoms with Gasteiger partial charge in [0.1, 0.15) is 0 Å². The molecule has 0 aromatic carbocycles. The molecule has 0 unspecified atom stereocenters. The van der Waals surface area contributed by atoms with Gasteiger partial charge in [0, 0.05) is 13.1 Å². The van der Waals surface area contributed by atoms with Crippen molar-refractivity contribution >= 4 is 5.91 Å². The first-order chi connectivity index (χ1) is 8.76. The Morgan fingerprint density at radius 2 is 1.44 bits per heavy atom. The van der Waals surface area contributed by atoms with Crippen molar-refractivity contribution in [2.24, 2.45) is 0 Å². The van der Waals surface area contributed by atoms with Crippen molar-refractivity contribution in [2.75, 3.05) is 13.1 Å². The monoisotopic (exact) mass is 253 g/mol. The van der Waals surface area contributed by atoms with Gasteiger partial charge in [-0.1, -0.05) is 64.9 Å². The highest BCUT2D eigenvalue weighted by Gasteiger charge is 2.06. The van der Waals surface area contributed by atoms with E-state index in [-0.39, 0.29) is 5.91 Å². The second-order valence-electron chi connectivity index (χ2n) is 4.95. The quantitative estimate of drug-likeness (QED) is 0.369. The summed E-state index contributed by atoms with van der Waals surface area (Å²) in [5.41, 5.74) is 0. The van der Waals surface area contributed by atoms with Gasteiger partial charge in [0.25, 0.3) is 0 Å². The van der Waals surface area contributed by atoms with Gasteiger partial charge in [-0.2, -0.15) is 0 Å². The number of rotatable bonds is 12. The summed E-state index contributed by atoms with van der Waals surface area (Å²) in [6.45, 7) is 9.49. The zero-order chi connectivity index (χ0) is 13.6. The topological polar surface area (TPSA) is 20.3 Å². The van der Waals surface area contributed by atoms with Gasteiger partial charge in [0.05, 0.1) is 0 Å². The van der Waals surface area contributed by atoms with Crippen molar-refractivity contribution in [1.82, 2.24) is 4.90 Å². The molecule has 0 aromatic rings. The third-order valence-corrected chi connectivity index (χ3v) is 3.40. The maximum Gasteiger partial charge on any atom is 0.245 e. The Bertz CT molecular complexity index is 213. The van der Waals surface area contributed by atoms with Crippen LogP contribution in [0.5, 0.6) is 0 Å². The number of unbranched alkanes of at least 4 members (excludes halogenated alkanes) is 8. The van der Waals surface area contributed by atoms with Crippen LogP contribution >= 0.6 is 0 Å².